The molecule has 0 aliphatic rings. The summed E-state index contributed by atoms with van der Waals surface area (Å²) in [7, 11) is 0. The average molecular weight is 441 g/mol. The van der Waals surface area contributed by atoms with E-state index in [-0.39, 0.29) is 11.4 Å². The Morgan fingerprint density at radius 1 is 1.07 bits per heavy atom. The molecule has 0 radical (unpaired) electrons. The third-order valence-electron chi connectivity index (χ3n) is 4.87. The molecule has 3 rings (SSSR count). The van der Waals surface area contributed by atoms with Gasteiger partial charge in [0.05, 0.1) is 5.75 Å². The molecular weight excluding hydrogens is 412 g/mol. The maximum Gasteiger partial charge on any atom is 0.233 e. The smallest absolute Gasteiger partial charge is 0.233 e. The molecule has 1 N–H and O–H groups in total. The van der Waals surface area contributed by atoms with Crippen LogP contribution in [0.15, 0.2) is 52.9 Å². The summed E-state index contributed by atoms with van der Waals surface area (Å²) in [5.74, 6) is 0.429. The normalized spacial score (nSPS) is 11.4. The predicted octanol–water partition coefficient (Wildman–Crippen LogP) is 5.82. The standard InChI is InChI=1S/C23H28N4OS2/c1-16-10-9-13-19(17(16)2)24-21-25-26-22(30-21)29-15-20(28)27(23(3,4)5)14-18-11-7-6-8-12-18/h6-13H,14-15H2,1-5H3,(H,24,25). The fourth-order valence-corrected chi connectivity index (χ4v) is 4.63. The van der Waals surface area contributed by atoms with Crippen LogP contribution in [0.5, 0.6) is 0 Å². The first-order valence-electron chi connectivity index (χ1n) is 9.88. The first-order chi connectivity index (χ1) is 14.2. The number of carbonyl (C=O) groups excluding carboxylic acids is 1. The molecule has 5 nitrogen and oxygen atoms in total. The van der Waals surface area contributed by atoms with Gasteiger partial charge in [0.1, 0.15) is 0 Å². The van der Waals surface area contributed by atoms with E-state index in [4.69, 9.17) is 0 Å². The molecule has 0 aliphatic carbocycles. The molecule has 158 valence electrons. The third-order valence-corrected chi connectivity index (χ3v) is 6.82. The van der Waals surface area contributed by atoms with Crippen molar-refractivity contribution in [2.75, 3.05) is 11.1 Å². The van der Waals surface area contributed by atoms with E-state index in [1.54, 1.807) is 0 Å². The van der Waals surface area contributed by atoms with E-state index in [2.05, 4.69) is 68.3 Å². The van der Waals surface area contributed by atoms with Gasteiger partial charge in [0.15, 0.2) is 4.34 Å². The highest BCUT2D eigenvalue weighted by atomic mass is 32.2. The van der Waals surface area contributed by atoms with E-state index >= 15 is 0 Å². The largest absolute Gasteiger partial charge is 0.333 e. The van der Waals surface area contributed by atoms with Crippen molar-refractivity contribution in [1.82, 2.24) is 15.1 Å². The van der Waals surface area contributed by atoms with E-state index < -0.39 is 0 Å². The molecule has 0 saturated heterocycles. The van der Waals surface area contributed by atoms with Crippen LogP contribution in [0, 0.1) is 13.8 Å². The van der Waals surface area contributed by atoms with Crippen LogP contribution in [0.1, 0.15) is 37.5 Å². The highest BCUT2D eigenvalue weighted by Gasteiger charge is 2.26. The van der Waals surface area contributed by atoms with Crippen LogP contribution < -0.4 is 5.32 Å². The van der Waals surface area contributed by atoms with Crippen molar-refractivity contribution < 1.29 is 4.79 Å². The van der Waals surface area contributed by atoms with E-state index in [9.17, 15) is 4.79 Å². The third kappa shape index (κ3) is 5.83. The van der Waals surface area contributed by atoms with Crippen LogP contribution in [0.25, 0.3) is 0 Å². The summed E-state index contributed by atoms with van der Waals surface area (Å²) in [6.07, 6.45) is 0. The summed E-state index contributed by atoms with van der Waals surface area (Å²) >= 11 is 2.90. The number of hydrogen-bond acceptors (Lipinski definition) is 6. The van der Waals surface area contributed by atoms with Crippen molar-refractivity contribution in [3.63, 3.8) is 0 Å². The molecule has 0 atom stereocenters. The van der Waals surface area contributed by atoms with Gasteiger partial charge in [0, 0.05) is 17.8 Å². The Bertz CT molecular complexity index is 996. The molecule has 1 aromatic heterocycles. The number of carbonyl (C=O) groups is 1. The minimum Gasteiger partial charge on any atom is -0.333 e. The van der Waals surface area contributed by atoms with Gasteiger partial charge in [-0.05, 0) is 57.4 Å². The molecule has 1 heterocycles. The Hall–Kier alpha value is -2.38. The zero-order valence-corrected chi connectivity index (χ0v) is 19.7. The fraction of sp³-hybridized carbons (Fsp3) is 0.348. The summed E-state index contributed by atoms with van der Waals surface area (Å²) in [5.41, 5.74) is 4.32. The summed E-state index contributed by atoms with van der Waals surface area (Å²) in [6, 6.07) is 16.2. The molecular formula is C23H28N4OS2. The minimum absolute atomic E-state index is 0.0931. The Balaban J connectivity index is 1.62. The average Bonchev–Trinajstić information content (AvgIpc) is 3.15. The molecule has 0 fully saturated rings. The number of nitrogens with one attached hydrogen (secondary N) is 1. The molecule has 0 unspecified atom stereocenters. The van der Waals surface area contributed by atoms with Gasteiger partial charge in [-0.2, -0.15) is 0 Å². The van der Waals surface area contributed by atoms with Crippen molar-refractivity contribution in [3.8, 4) is 0 Å². The SMILES string of the molecule is Cc1cccc(Nc2nnc(SCC(=O)N(Cc3ccccc3)C(C)(C)C)s2)c1C. The number of nitrogens with zero attached hydrogens (tertiary/aromatic N) is 3. The highest BCUT2D eigenvalue weighted by molar-refractivity contribution is 8.01. The van der Waals surface area contributed by atoms with Crippen LogP contribution in [0.4, 0.5) is 10.8 Å². The summed E-state index contributed by atoms with van der Waals surface area (Å²) in [6.45, 7) is 11.0. The zero-order valence-electron chi connectivity index (χ0n) is 18.1. The van der Waals surface area contributed by atoms with Crippen LogP contribution in [-0.4, -0.2) is 32.3 Å². The maximum atomic E-state index is 13.0. The van der Waals surface area contributed by atoms with Gasteiger partial charge >= 0.3 is 0 Å². The lowest BCUT2D eigenvalue weighted by atomic mass is 10.0. The quantitative estimate of drug-likeness (QED) is 0.469. The molecule has 0 aliphatic heterocycles. The lowest BCUT2D eigenvalue weighted by molar-refractivity contribution is -0.133. The number of hydrogen-bond donors (Lipinski definition) is 1. The Morgan fingerprint density at radius 3 is 2.50 bits per heavy atom. The fourth-order valence-electron chi connectivity index (χ4n) is 2.99. The Kier molecular flexibility index (Phi) is 7.15. The number of thioether (sulfide) groups is 1. The number of amides is 1. The number of benzene rings is 2. The number of anilines is 2. The van der Waals surface area contributed by atoms with Gasteiger partial charge in [-0.3, -0.25) is 4.79 Å². The van der Waals surface area contributed by atoms with Crippen LogP contribution in [-0.2, 0) is 11.3 Å². The van der Waals surface area contributed by atoms with Gasteiger partial charge in [-0.1, -0.05) is 65.6 Å². The number of rotatable bonds is 7. The maximum absolute atomic E-state index is 13.0. The molecule has 0 spiro atoms. The first-order valence-corrected chi connectivity index (χ1v) is 11.7. The molecule has 7 heteroatoms. The van der Waals surface area contributed by atoms with Gasteiger partial charge < -0.3 is 10.2 Å². The van der Waals surface area contributed by atoms with E-state index in [0.717, 1.165) is 20.7 Å². The molecule has 0 bridgehead atoms. The number of aromatic nitrogens is 2. The van der Waals surface area contributed by atoms with Crippen LogP contribution in [0.2, 0.25) is 0 Å². The molecule has 1 amide bonds. The van der Waals surface area contributed by atoms with Gasteiger partial charge in [-0.25, -0.2) is 0 Å². The molecule has 30 heavy (non-hydrogen) atoms. The molecule has 2 aromatic carbocycles. The zero-order chi connectivity index (χ0) is 21.7. The summed E-state index contributed by atoms with van der Waals surface area (Å²) in [5, 5.41) is 12.5. The minimum atomic E-state index is -0.260. The number of aryl methyl sites for hydroxylation is 1. The topological polar surface area (TPSA) is 58.1 Å². The van der Waals surface area contributed by atoms with Gasteiger partial charge in [-0.15, -0.1) is 10.2 Å². The van der Waals surface area contributed by atoms with Crippen molar-refractivity contribution in [1.29, 1.82) is 0 Å². The van der Waals surface area contributed by atoms with Crippen molar-refractivity contribution in [2.24, 2.45) is 0 Å². The Morgan fingerprint density at radius 2 is 1.80 bits per heavy atom. The predicted molar refractivity (Wildman–Crippen MR) is 127 cm³/mol. The summed E-state index contributed by atoms with van der Waals surface area (Å²) < 4.78 is 0.782. The highest BCUT2D eigenvalue weighted by Crippen LogP contribution is 2.30. The second kappa shape index (κ2) is 9.62. The van der Waals surface area contributed by atoms with Gasteiger partial charge in [0.2, 0.25) is 11.0 Å². The van der Waals surface area contributed by atoms with Crippen molar-refractivity contribution in [2.45, 2.75) is 51.0 Å². The molecule has 3 aromatic rings. The van der Waals surface area contributed by atoms with E-state index in [1.807, 2.05) is 35.2 Å². The Labute approximate surface area is 186 Å². The lowest BCUT2D eigenvalue weighted by Crippen LogP contribution is -2.45. The van der Waals surface area contributed by atoms with Crippen molar-refractivity contribution >= 4 is 39.8 Å². The second-order valence-corrected chi connectivity index (χ2v) is 10.4. The van der Waals surface area contributed by atoms with Gasteiger partial charge in [0.25, 0.3) is 0 Å². The second-order valence-electron chi connectivity index (χ2n) is 8.17. The lowest BCUT2D eigenvalue weighted by Gasteiger charge is -2.36. The van der Waals surface area contributed by atoms with Crippen LogP contribution in [0.3, 0.4) is 0 Å². The van der Waals surface area contributed by atoms with Crippen molar-refractivity contribution in [3.05, 3.63) is 65.2 Å². The summed E-state index contributed by atoms with van der Waals surface area (Å²) in [4.78, 5) is 14.9. The monoisotopic (exact) mass is 440 g/mol. The molecule has 0 saturated carbocycles. The van der Waals surface area contributed by atoms with E-state index in [1.165, 1.54) is 34.2 Å². The first kappa shape index (κ1) is 22.3. The van der Waals surface area contributed by atoms with Crippen LogP contribution >= 0.6 is 23.1 Å². The van der Waals surface area contributed by atoms with E-state index in [0.29, 0.717) is 12.3 Å².